The Morgan fingerprint density at radius 3 is 0.678 bits per heavy atom. The second-order valence-corrected chi connectivity index (χ2v) is 23.0. The van der Waals surface area contributed by atoms with Crippen molar-refractivity contribution in [2.45, 2.75) is 318 Å². The number of rotatable bonds is 44. The Kier molecular flexibility index (Phi) is 55.3. The molecule has 0 radical (unpaired) electrons. The van der Waals surface area contributed by atoms with Crippen LogP contribution < -0.4 is 10.2 Å². The molecule has 0 aromatic heterocycles. The molecule has 4 nitrogen and oxygen atoms in total. The average Bonchev–Trinajstić information content (AvgIpc) is 3.22. The van der Waals surface area contributed by atoms with Crippen LogP contribution in [0.3, 0.4) is 0 Å². The van der Waals surface area contributed by atoms with Crippen molar-refractivity contribution < 1.29 is 20.4 Å². The topological polar surface area (TPSA) is 86.6 Å². The normalized spacial score (nSPS) is 11.4. The summed E-state index contributed by atoms with van der Waals surface area (Å²) in [7, 11) is 0. The molecule has 0 rings (SSSR count). The van der Waals surface area contributed by atoms with Crippen LogP contribution in [0, 0.1) is 0 Å². The van der Waals surface area contributed by atoms with Crippen LogP contribution in [0.4, 0.5) is 0 Å². The van der Waals surface area contributed by atoms with E-state index in [1.54, 1.807) is 21.7 Å². The SMILES string of the molecule is CCCCCCCCC(O)(CCCCCCCC)C([O-])=S.CCCCCCCCC(O)(CCCCCCCC)C([O-])=S.CCCCCCC[CH2][Sn+2][CH2]CCCCCCC. The van der Waals surface area contributed by atoms with E-state index >= 15 is 0 Å². The standard InChI is InChI=1S/2C18H36O2S.2C8H17.Sn/c2*1-3-5-7-9-11-13-15-18(20,17(19)21)16-14-12-10-8-6-4-2;2*1-3-5-7-8-6-4-2;/h2*20H,3-16H2,1-2H3,(H,19,21);2*1,3-8H2,2H3;/q;;;;+2/p-2. The van der Waals surface area contributed by atoms with Gasteiger partial charge in [-0.3, -0.25) is 0 Å². The Morgan fingerprint density at radius 2 is 0.492 bits per heavy atom. The molecule has 0 saturated heterocycles. The first kappa shape index (κ1) is 63.8. The maximum absolute atomic E-state index is 11.6. The van der Waals surface area contributed by atoms with E-state index in [9.17, 15) is 20.4 Å². The summed E-state index contributed by atoms with van der Waals surface area (Å²) in [5.74, 6) is 0. The van der Waals surface area contributed by atoms with Crippen molar-refractivity contribution in [3.05, 3.63) is 0 Å². The van der Waals surface area contributed by atoms with E-state index in [1.807, 2.05) is 0 Å². The van der Waals surface area contributed by atoms with Crippen LogP contribution in [0.1, 0.15) is 298 Å². The Balaban J connectivity index is -0.000000803. The third-order valence-corrected chi connectivity index (χ3v) is 16.7. The summed E-state index contributed by atoms with van der Waals surface area (Å²) in [5.41, 5.74) is -2.46. The fourth-order valence-electron chi connectivity index (χ4n) is 7.64. The quantitative estimate of drug-likeness (QED) is 0.0359. The third kappa shape index (κ3) is 47.8. The van der Waals surface area contributed by atoms with Crippen LogP contribution in [0.5, 0.6) is 0 Å². The van der Waals surface area contributed by atoms with Gasteiger partial charge in [-0.15, -0.1) is 0 Å². The number of hydrogen-bond donors (Lipinski definition) is 2. The minimum atomic E-state index is -1.23. The molecule has 0 aliphatic carbocycles. The van der Waals surface area contributed by atoms with E-state index in [-0.39, 0.29) is 21.1 Å². The fraction of sp³-hybridized carbons (Fsp3) is 0.962. The molecule has 0 bridgehead atoms. The molecule has 59 heavy (non-hydrogen) atoms. The molecule has 0 amide bonds. The summed E-state index contributed by atoms with van der Waals surface area (Å²) >= 11 is 9.60. The van der Waals surface area contributed by atoms with Gasteiger partial charge in [-0.05, 0) is 35.8 Å². The van der Waals surface area contributed by atoms with E-state index in [0.717, 1.165) is 51.4 Å². The molecule has 7 heteroatoms. The van der Waals surface area contributed by atoms with Crippen molar-refractivity contribution in [3.8, 4) is 0 Å². The van der Waals surface area contributed by atoms with Gasteiger partial charge in [0, 0.05) is 0 Å². The first-order valence-corrected chi connectivity index (χ1v) is 31.0. The van der Waals surface area contributed by atoms with Gasteiger partial charge in [-0.25, -0.2) is 0 Å². The van der Waals surface area contributed by atoms with Crippen LogP contribution in [0.25, 0.3) is 0 Å². The van der Waals surface area contributed by atoms with Crippen molar-refractivity contribution in [2.24, 2.45) is 0 Å². The Hall–Kier alpha value is 0.499. The molecule has 0 heterocycles. The van der Waals surface area contributed by atoms with Gasteiger partial charge in [0.1, 0.15) is 0 Å². The number of aliphatic hydroxyl groups is 2. The Bertz CT molecular complexity index is 744. The Labute approximate surface area is 392 Å². The average molecular weight is 976 g/mol. The van der Waals surface area contributed by atoms with Crippen molar-refractivity contribution in [1.82, 2.24) is 0 Å². The molecule has 0 atom stereocenters. The summed E-state index contributed by atoms with van der Waals surface area (Å²) < 4.78 is 3.31. The molecule has 352 valence electrons. The number of unbranched alkanes of at least 4 members (excludes halogenated alkanes) is 30. The van der Waals surface area contributed by atoms with Crippen molar-refractivity contribution in [2.75, 3.05) is 0 Å². The van der Waals surface area contributed by atoms with Crippen molar-refractivity contribution >= 4 is 55.7 Å². The third-order valence-electron chi connectivity index (χ3n) is 11.9. The molecule has 2 N–H and O–H groups in total. The van der Waals surface area contributed by atoms with Gasteiger partial charge in [0.2, 0.25) is 0 Å². The first-order valence-electron chi connectivity index (χ1n) is 26.1. The summed E-state index contributed by atoms with van der Waals surface area (Å²) in [6, 6.07) is 0. The van der Waals surface area contributed by atoms with Crippen molar-refractivity contribution in [1.29, 1.82) is 0 Å². The van der Waals surface area contributed by atoms with Crippen LogP contribution in [-0.2, 0) is 0 Å². The fourth-order valence-corrected chi connectivity index (χ4v) is 11.6. The number of hydrogen-bond acceptors (Lipinski definition) is 6. The van der Waals surface area contributed by atoms with Gasteiger partial charge in [0.05, 0.1) is 11.2 Å². The van der Waals surface area contributed by atoms with Gasteiger partial charge in [0.15, 0.2) is 0 Å². The summed E-state index contributed by atoms with van der Waals surface area (Å²) in [6.45, 7) is 13.4. The zero-order chi connectivity index (χ0) is 44.6. The summed E-state index contributed by atoms with van der Waals surface area (Å²) in [4.78, 5) is 0. The summed E-state index contributed by atoms with van der Waals surface area (Å²) in [6.07, 6.45) is 48.0. The van der Waals surface area contributed by atoms with Crippen LogP contribution in [0.15, 0.2) is 0 Å². The van der Waals surface area contributed by atoms with Crippen LogP contribution >= 0.6 is 24.4 Å². The second kappa shape index (κ2) is 51.1. The van der Waals surface area contributed by atoms with E-state index in [0.29, 0.717) is 25.7 Å². The van der Waals surface area contributed by atoms with E-state index in [4.69, 9.17) is 24.4 Å². The molecule has 0 fully saturated rings. The van der Waals surface area contributed by atoms with Gasteiger partial charge < -0.3 is 20.4 Å². The van der Waals surface area contributed by atoms with Gasteiger partial charge in [-0.1, -0.05) is 206 Å². The minimum absolute atomic E-state index is 0.0736. The van der Waals surface area contributed by atoms with Crippen molar-refractivity contribution in [3.63, 3.8) is 0 Å². The molecule has 0 saturated carbocycles. The molecule has 0 spiro atoms. The second-order valence-electron chi connectivity index (χ2n) is 18.0. The van der Waals surface area contributed by atoms with Crippen LogP contribution in [-0.4, -0.2) is 52.7 Å². The zero-order valence-corrected chi connectivity index (χ0v) is 45.2. The van der Waals surface area contributed by atoms with Crippen LogP contribution in [0.2, 0.25) is 8.87 Å². The van der Waals surface area contributed by atoms with E-state index < -0.39 is 21.3 Å². The maximum atomic E-state index is 11.6. The van der Waals surface area contributed by atoms with Gasteiger partial charge in [-0.2, -0.15) is 0 Å². The van der Waals surface area contributed by atoms with E-state index in [2.05, 4.69) is 41.5 Å². The molecule has 0 aromatic rings. The first-order chi connectivity index (χ1) is 28.5. The zero-order valence-electron chi connectivity index (χ0n) is 40.7. The molecule has 0 aliphatic rings. The van der Waals surface area contributed by atoms with Gasteiger partial charge in [0.25, 0.3) is 0 Å². The molecular weight excluding hydrogens is 871 g/mol. The monoisotopic (exact) mass is 977 g/mol. The predicted molar refractivity (Wildman–Crippen MR) is 269 cm³/mol. The molecule has 0 aromatic carbocycles. The molecule has 0 unspecified atom stereocenters. The molecule has 0 aliphatic heterocycles. The number of thiocarbonyl (C=S) groups is 2. The van der Waals surface area contributed by atoms with Gasteiger partial charge >= 0.3 is 121 Å². The predicted octanol–water partition coefficient (Wildman–Crippen LogP) is 16.1. The molecular formula is C52H104O4S2Sn. The van der Waals surface area contributed by atoms with E-state index in [1.165, 1.54) is 167 Å². The Morgan fingerprint density at radius 1 is 0.322 bits per heavy atom. The summed E-state index contributed by atoms with van der Waals surface area (Å²) in [5, 5.41) is 43.1.